The summed E-state index contributed by atoms with van der Waals surface area (Å²) in [6, 6.07) is 5.23. The Morgan fingerprint density at radius 1 is 1.50 bits per heavy atom. The third-order valence-corrected chi connectivity index (χ3v) is 3.50. The highest BCUT2D eigenvalue weighted by Crippen LogP contribution is 2.17. The van der Waals surface area contributed by atoms with Gasteiger partial charge in [-0.1, -0.05) is 0 Å². The van der Waals surface area contributed by atoms with Crippen LogP contribution in [0.15, 0.2) is 24.5 Å². The summed E-state index contributed by atoms with van der Waals surface area (Å²) >= 11 is 0. The molecule has 7 heteroatoms. The summed E-state index contributed by atoms with van der Waals surface area (Å²) in [5, 5.41) is 17.1. The maximum atomic E-state index is 12.5. The van der Waals surface area contributed by atoms with Gasteiger partial charge >= 0.3 is 0 Å². The van der Waals surface area contributed by atoms with Crippen LogP contribution in [0.3, 0.4) is 0 Å². The predicted octanol–water partition coefficient (Wildman–Crippen LogP) is 0.555. The van der Waals surface area contributed by atoms with E-state index < -0.39 is 0 Å². The van der Waals surface area contributed by atoms with Crippen LogP contribution < -0.4 is 0 Å². The molecule has 1 aliphatic rings. The topological polar surface area (TPSA) is 79.7 Å². The van der Waals surface area contributed by atoms with E-state index in [0.29, 0.717) is 25.3 Å². The molecule has 0 fully saturated rings. The van der Waals surface area contributed by atoms with E-state index in [9.17, 15) is 4.79 Å². The van der Waals surface area contributed by atoms with Crippen LogP contribution in [-0.2, 0) is 17.9 Å². The Morgan fingerprint density at radius 2 is 2.35 bits per heavy atom. The average Bonchev–Trinajstić information content (AvgIpc) is 3.13. The van der Waals surface area contributed by atoms with Crippen molar-refractivity contribution in [1.29, 1.82) is 5.26 Å². The smallest absolute Gasteiger partial charge is 0.247 e. The number of rotatable bonds is 2. The van der Waals surface area contributed by atoms with E-state index in [1.54, 1.807) is 38.8 Å². The highest BCUT2D eigenvalue weighted by atomic mass is 16.2. The minimum atomic E-state index is -0.324. The Balaban J connectivity index is 1.76. The van der Waals surface area contributed by atoms with Crippen LogP contribution in [0.4, 0.5) is 0 Å². The lowest BCUT2D eigenvalue weighted by Crippen LogP contribution is -2.41. The Kier molecular flexibility index (Phi) is 2.99. The van der Waals surface area contributed by atoms with E-state index in [2.05, 4.69) is 10.2 Å². The van der Waals surface area contributed by atoms with Crippen LogP contribution >= 0.6 is 0 Å². The number of hydrogen-bond donors (Lipinski definition) is 0. The second kappa shape index (κ2) is 4.81. The summed E-state index contributed by atoms with van der Waals surface area (Å²) in [7, 11) is 0. The van der Waals surface area contributed by atoms with Gasteiger partial charge in [0.2, 0.25) is 5.91 Å². The van der Waals surface area contributed by atoms with Crippen molar-refractivity contribution in [3.8, 4) is 6.07 Å². The van der Waals surface area contributed by atoms with Crippen LogP contribution in [0, 0.1) is 11.3 Å². The molecule has 0 spiro atoms. The van der Waals surface area contributed by atoms with Crippen LogP contribution in [0.1, 0.15) is 24.4 Å². The van der Waals surface area contributed by atoms with Crippen molar-refractivity contribution in [1.82, 2.24) is 24.5 Å². The maximum Gasteiger partial charge on any atom is 0.247 e. The molecule has 102 valence electrons. The molecule has 0 aliphatic carbocycles. The van der Waals surface area contributed by atoms with Gasteiger partial charge in [0, 0.05) is 18.9 Å². The largest absolute Gasteiger partial charge is 0.333 e. The lowest BCUT2D eigenvalue weighted by molar-refractivity contribution is -0.136. The van der Waals surface area contributed by atoms with Crippen molar-refractivity contribution < 1.29 is 4.79 Å². The summed E-state index contributed by atoms with van der Waals surface area (Å²) in [5.41, 5.74) is 1.29. The fourth-order valence-electron chi connectivity index (χ4n) is 2.40. The van der Waals surface area contributed by atoms with E-state index in [1.165, 1.54) is 0 Å². The standard InChI is InChI=1S/C13H14N6O/c1-10(18-4-2-3-15-18)13(20)17-5-6-19-12(9-17)7-11(8-14)16-19/h2-4,7,10H,5-6,9H2,1H3/t10-/m0/s1. The zero-order valence-electron chi connectivity index (χ0n) is 11.1. The van der Waals surface area contributed by atoms with Gasteiger partial charge < -0.3 is 4.90 Å². The van der Waals surface area contributed by atoms with Gasteiger partial charge in [0.15, 0.2) is 5.69 Å². The molecule has 0 aromatic carbocycles. The normalized spacial score (nSPS) is 15.5. The highest BCUT2D eigenvalue weighted by Gasteiger charge is 2.26. The molecular formula is C13H14N6O. The Hall–Kier alpha value is -2.62. The zero-order valence-corrected chi connectivity index (χ0v) is 11.1. The molecule has 0 radical (unpaired) electrons. The minimum Gasteiger partial charge on any atom is -0.333 e. The van der Waals surface area contributed by atoms with Crippen molar-refractivity contribution >= 4 is 5.91 Å². The minimum absolute atomic E-state index is 0.0275. The third kappa shape index (κ3) is 2.05. The molecule has 3 rings (SSSR count). The van der Waals surface area contributed by atoms with Gasteiger partial charge in [0.1, 0.15) is 12.1 Å². The molecule has 0 saturated heterocycles. The second-order valence-corrected chi connectivity index (χ2v) is 4.78. The molecule has 20 heavy (non-hydrogen) atoms. The number of hydrogen-bond acceptors (Lipinski definition) is 4. The first kappa shape index (κ1) is 12.4. The lowest BCUT2D eigenvalue weighted by Gasteiger charge is -2.29. The van der Waals surface area contributed by atoms with E-state index in [-0.39, 0.29) is 11.9 Å². The molecule has 2 aromatic rings. The van der Waals surface area contributed by atoms with Crippen LogP contribution in [0.5, 0.6) is 0 Å². The van der Waals surface area contributed by atoms with E-state index in [0.717, 1.165) is 5.69 Å². The number of fused-ring (bicyclic) bond motifs is 1. The summed E-state index contributed by atoms with van der Waals surface area (Å²) in [6.45, 7) is 3.54. The van der Waals surface area contributed by atoms with Crippen LogP contribution in [0.25, 0.3) is 0 Å². The molecule has 3 heterocycles. The Labute approximate surface area is 116 Å². The SMILES string of the molecule is C[C@@H](C(=O)N1CCn2nc(C#N)cc2C1)n1cccn1. The molecule has 0 unspecified atom stereocenters. The fraction of sp³-hybridized carbons (Fsp3) is 0.385. The maximum absolute atomic E-state index is 12.5. The number of amides is 1. The summed E-state index contributed by atoms with van der Waals surface area (Å²) in [6.07, 6.45) is 3.44. The van der Waals surface area contributed by atoms with Crippen molar-refractivity contribution in [2.45, 2.75) is 26.1 Å². The van der Waals surface area contributed by atoms with E-state index in [1.807, 2.05) is 13.0 Å². The molecule has 1 atom stereocenters. The summed E-state index contributed by atoms with van der Waals surface area (Å²) in [4.78, 5) is 14.2. The highest BCUT2D eigenvalue weighted by molar-refractivity contribution is 5.80. The molecule has 0 N–H and O–H groups in total. The molecular weight excluding hydrogens is 256 g/mol. The van der Waals surface area contributed by atoms with Crippen LogP contribution in [0.2, 0.25) is 0 Å². The number of nitrogens with zero attached hydrogens (tertiary/aromatic N) is 6. The molecule has 1 amide bonds. The van der Waals surface area contributed by atoms with Crippen molar-refractivity contribution in [2.24, 2.45) is 0 Å². The van der Waals surface area contributed by atoms with Gasteiger partial charge in [0.05, 0.1) is 18.8 Å². The fourth-order valence-corrected chi connectivity index (χ4v) is 2.40. The molecule has 0 saturated carbocycles. The van der Waals surface area contributed by atoms with E-state index >= 15 is 0 Å². The van der Waals surface area contributed by atoms with Gasteiger partial charge in [-0.25, -0.2) is 0 Å². The molecule has 0 bridgehead atoms. The average molecular weight is 270 g/mol. The van der Waals surface area contributed by atoms with Crippen molar-refractivity contribution in [3.63, 3.8) is 0 Å². The van der Waals surface area contributed by atoms with Crippen molar-refractivity contribution in [3.05, 3.63) is 35.9 Å². The lowest BCUT2D eigenvalue weighted by atomic mass is 10.2. The molecule has 7 nitrogen and oxygen atoms in total. The molecule has 1 aliphatic heterocycles. The predicted molar refractivity (Wildman–Crippen MR) is 69.3 cm³/mol. The van der Waals surface area contributed by atoms with Gasteiger partial charge in [0.25, 0.3) is 0 Å². The van der Waals surface area contributed by atoms with Gasteiger partial charge in [-0.05, 0) is 19.1 Å². The third-order valence-electron chi connectivity index (χ3n) is 3.50. The Morgan fingerprint density at radius 3 is 3.05 bits per heavy atom. The van der Waals surface area contributed by atoms with Gasteiger partial charge in [-0.2, -0.15) is 15.5 Å². The second-order valence-electron chi connectivity index (χ2n) is 4.78. The van der Waals surface area contributed by atoms with E-state index in [4.69, 9.17) is 5.26 Å². The van der Waals surface area contributed by atoms with Gasteiger partial charge in [-0.15, -0.1) is 0 Å². The Bertz CT molecular complexity index is 666. The van der Waals surface area contributed by atoms with Crippen molar-refractivity contribution in [2.75, 3.05) is 6.54 Å². The number of nitriles is 1. The number of carbonyl (C=O) groups is 1. The summed E-state index contributed by atoms with van der Waals surface area (Å²) < 4.78 is 3.44. The first-order chi connectivity index (χ1) is 9.69. The first-order valence-electron chi connectivity index (χ1n) is 6.44. The number of aromatic nitrogens is 4. The monoisotopic (exact) mass is 270 g/mol. The number of carbonyl (C=O) groups excluding carboxylic acids is 1. The summed E-state index contributed by atoms with van der Waals surface area (Å²) in [5.74, 6) is 0.0275. The van der Waals surface area contributed by atoms with Crippen LogP contribution in [-0.4, -0.2) is 36.9 Å². The zero-order chi connectivity index (χ0) is 14.1. The first-order valence-corrected chi connectivity index (χ1v) is 6.44. The quantitative estimate of drug-likeness (QED) is 0.798. The van der Waals surface area contributed by atoms with Gasteiger partial charge in [-0.3, -0.25) is 14.2 Å². The molecule has 2 aromatic heterocycles.